The largest absolute Gasteiger partial charge is 0.449 e. The van der Waals surface area contributed by atoms with Crippen molar-refractivity contribution in [2.24, 2.45) is 5.90 Å². The molecular formula is C25H29N3O6. The van der Waals surface area contributed by atoms with E-state index in [9.17, 15) is 14.4 Å². The fourth-order valence-electron chi connectivity index (χ4n) is 3.76. The van der Waals surface area contributed by atoms with Gasteiger partial charge in [-0.05, 0) is 56.2 Å². The Balaban J connectivity index is 1.58. The fourth-order valence-corrected chi connectivity index (χ4v) is 3.76. The van der Waals surface area contributed by atoms with E-state index in [0.717, 1.165) is 35.3 Å². The first kappa shape index (κ1) is 24.8. The van der Waals surface area contributed by atoms with Crippen molar-refractivity contribution in [2.45, 2.75) is 33.7 Å². The number of hydrogen-bond donors (Lipinski definition) is 2. The first-order valence-corrected chi connectivity index (χ1v) is 11.1. The third kappa shape index (κ3) is 5.74. The number of benzene rings is 2. The van der Waals surface area contributed by atoms with Crippen molar-refractivity contribution in [2.75, 3.05) is 24.6 Å². The van der Waals surface area contributed by atoms with Gasteiger partial charge in [0.15, 0.2) is 0 Å². The lowest BCUT2D eigenvalue weighted by atomic mass is 10.0. The Bertz CT molecular complexity index is 1220. The van der Waals surface area contributed by atoms with Crippen LogP contribution in [0.1, 0.15) is 40.9 Å². The molecule has 0 unspecified atom stereocenters. The lowest BCUT2D eigenvalue weighted by Gasteiger charge is -2.21. The summed E-state index contributed by atoms with van der Waals surface area (Å²) in [6, 6.07) is 12.3. The van der Waals surface area contributed by atoms with Crippen molar-refractivity contribution in [3.63, 3.8) is 0 Å². The van der Waals surface area contributed by atoms with E-state index in [1.807, 2.05) is 25.1 Å². The zero-order valence-corrected chi connectivity index (χ0v) is 19.6. The summed E-state index contributed by atoms with van der Waals surface area (Å²) in [5, 5.41) is 3.48. The van der Waals surface area contributed by atoms with Gasteiger partial charge in [0, 0.05) is 48.8 Å². The van der Waals surface area contributed by atoms with E-state index in [-0.39, 0.29) is 19.6 Å². The molecule has 0 aliphatic heterocycles. The minimum Gasteiger partial charge on any atom is -0.449 e. The molecule has 0 spiro atoms. The van der Waals surface area contributed by atoms with Crippen LogP contribution in [0.4, 0.5) is 10.5 Å². The molecule has 0 aliphatic rings. The molecule has 3 aromatic rings. The Morgan fingerprint density at radius 2 is 1.79 bits per heavy atom. The highest BCUT2D eigenvalue weighted by molar-refractivity contribution is 5.89. The number of carbonyl (C=O) groups excluding carboxylic acids is 2. The molecule has 1 amide bonds. The summed E-state index contributed by atoms with van der Waals surface area (Å²) in [7, 11) is 0. The van der Waals surface area contributed by atoms with E-state index in [2.05, 4.69) is 28.9 Å². The number of nitrogens with two attached hydrogens (primary N) is 1. The second kappa shape index (κ2) is 11.3. The summed E-state index contributed by atoms with van der Waals surface area (Å²) in [6.07, 6.45) is -0.372. The van der Waals surface area contributed by atoms with Crippen LogP contribution in [0.25, 0.3) is 11.0 Å². The average Bonchev–Trinajstić information content (AvgIpc) is 2.85. The van der Waals surface area contributed by atoms with E-state index in [1.54, 1.807) is 24.3 Å². The lowest BCUT2D eigenvalue weighted by Crippen LogP contribution is -2.25. The molecule has 180 valence electrons. The number of ether oxygens (including phenoxy) is 1. The average molecular weight is 468 g/mol. The van der Waals surface area contributed by atoms with Gasteiger partial charge >= 0.3 is 17.7 Å². The van der Waals surface area contributed by atoms with Gasteiger partial charge in [0.05, 0.1) is 12.2 Å². The molecule has 0 atom stereocenters. The molecule has 0 saturated heterocycles. The highest BCUT2D eigenvalue weighted by atomic mass is 16.7. The van der Waals surface area contributed by atoms with Crippen LogP contribution in [0.2, 0.25) is 0 Å². The number of carbonyl (C=O) groups is 2. The quantitative estimate of drug-likeness (QED) is 0.362. The van der Waals surface area contributed by atoms with Gasteiger partial charge in [0.2, 0.25) is 0 Å². The van der Waals surface area contributed by atoms with Crippen molar-refractivity contribution in [3.8, 4) is 0 Å². The van der Waals surface area contributed by atoms with Crippen LogP contribution in [-0.2, 0) is 22.5 Å². The first-order chi connectivity index (χ1) is 16.4. The van der Waals surface area contributed by atoms with Gasteiger partial charge in [-0.3, -0.25) is 0 Å². The van der Waals surface area contributed by atoms with Crippen LogP contribution < -0.4 is 21.7 Å². The summed E-state index contributed by atoms with van der Waals surface area (Å²) in [6.45, 7) is 7.98. The summed E-state index contributed by atoms with van der Waals surface area (Å²) >= 11 is 0. The van der Waals surface area contributed by atoms with Crippen molar-refractivity contribution in [1.29, 1.82) is 0 Å². The maximum atomic E-state index is 12.6. The standard InChI is InChI=1S/C25H29N3O6/c1-4-28(5-2)19-10-11-20-16(3)21(24(30)33-22(20)14-19)12-13-32-25(31)27-15-17-6-8-18(9-7-17)23(29)34-26/h6-11,14H,4-5,12-13,15,26H2,1-3H3,(H,27,31). The Hall–Kier alpha value is -3.85. The van der Waals surface area contributed by atoms with Crippen molar-refractivity contribution in [3.05, 3.63) is 75.1 Å². The third-order valence-electron chi connectivity index (χ3n) is 5.72. The number of alkyl carbamates (subject to hydrolysis) is 1. The smallest absolute Gasteiger partial charge is 0.407 e. The maximum Gasteiger partial charge on any atom is 0.407 e. The molecule has 0 radical (unpaired) electrons. The topological polar surface area (TPSA) is 124 Å². The van der Waals surface area contributed by atoms with Gasteiger partial charge in [0.25, 0.3) is 0 Å². The highest BCUT2D eigenvalue weighted by Crippen LogP contribution is 2.25. The molecule has 0 aliphatic carbocycles. The van der Waals surface area contributed by atoms with Crippen LogP contribution in [0.5, 0.6) is 0 Å². The van der Waals surface area contributed by atoms with Gasteiger partial charge in [-0.15, -0.1) is 0 Å². The maximum absolute atomic E-state index is 12.6. The van der Waals surface area contributed by atoms with E-state index < -0.39 is 17.7 Å². The fraction of sp³-hybridized carbons (Fsp3) is 0.320. The molecule has 0 fully saturated rings. The third-order valence-corrected chi connectivity index (χ3v) is 5.72. The van der Waals surface area contributed by atoms with Gasteiger partial charge in [-0.2, -0.15) is 5.90 Å². The Morgan fingerprint density at radius 3 is 2.44 bits per heavy atom. The van der Waals surface area contributed by atoms with Crippen molar-refractivity contribution < 1.29 is 23.6 Å². The molecule has 1 heterocycles. The Labute approximate surface area is 197 Å². The predicted octanol–water partition coefficient (Wildman–Crippen LogP) is 3.45. The summed E-state index contributed by atoms with van der Waals surface area (Å²) in [5.41, 5.74) is 3.49. The molecule has 1 aromatic heterocycles. The Kier molecular flexibility index (Phi) is 8.26. The van der Waals surface area contributed by atoms with E-state index in [0.29, 0.717) is 16.7 Å². The molecule has 0 saturated carbocycles. The van der Waals surface area contributed by atoms with Crippen molar-refractivity contribution in [1.82, 2.24) is 5.32 Å². The number of hydrogen-bond acceptors (Lipinski definition) is 8. The van der Waals surface area contributed by atoms with Gasteiger partial charge < -0.3 is 24.2 Å². The summed E-state index contributed by atoms with van der Waals surface area (Å²) < 4.78 is 10.8. The van der Waals surface area contributed by atoms with E-state index in [1.165, 1.54) is 0 Å². The highest BCUT2D eigenvalue weighted by Gasteiger charge is 2.14. The molecule has 9 heteroatoms. The van der Waals surface area contributed by atoms with Crippen LogP contribution in [0.3, 0.4) is 0 Å². The summed E-state index contributed by atoms with van der Waals surface area (Å²) in [5.74, 6) is 4.21. The number of amides is 1. The number of rotatable bonds is 9. The normalized spacial score (nSPS) is 10.7. The van der Waals surface area contributed by atoms with Crippen LogP contribution >= 0.6 is 0 Å². The SMILES string of the molecule is CCN(CC)c1ccc2c(C)c(CCOC(=O)NCc3ccc(C(=O)ON)cc3)c(=O)oc2c1. The molecule has 9 nitrogen and oxygen atoms in total. The number of nitrogens with one attached hydrogen (secondary N) is 1. The minimum atomic E-state index is -0.642. The van der Waals surface area contributed by atoms with Gasteiger partial charge in [-0.1, -0.05) is 12.1 Å². The second-order valence-electron chi connectivity index (χ2n) is 7.69. The van der Waals surface area contributed by atoms with Crippen LogP contribution in [0.15, 0.2) is 51.7 Å². The molecular weight excluding hydrogens is 438 g/mol. The van der Waals surface area contributed by atoms with Crippen molar-refractivity contribution >= 4 is 28.7 Å². The zero-order chi connectivity index (χ0) is 24.7. The summed E-state index contributed by atoms with van der Waals surface area (Å²) in [4.78, 5) is 42.3. The molecule has 3 N–H and O–H groups in total. The van der Waals surface area contributed by atoms with Gasteiger partial charge in [0.1, 0.15) is 5.58 Å². The zero-order valence-electron chi connectivity index (χ0n) is 19.6. The van der Waals surface area contributed by atoms with Crippen LogP contribution in [0, 0.1) is 6.92 Å². The molecule has 2 aromatic carbocycles. The van der Waals surface area contributed by atoms with Crippen LogP contribution in [-0.4, -0.2) is 31.8 Å². The first-order valence-electron chi connectivity index (χ1n) is 11.1. The predicted molar refractivity (Wildman–Crippen MR) is 129 cm³/mol. The number of fused-ring (bicyclic) bond motifs is 1. The molecule has 0 bridgehead atoms. The monoisotopic (exact) mass is 467 g/mol. The van der Waals surface area contributed by atoms with E-state index in [4.69, 9.17) is 15.1 Å². The minimum absolute atomic E-state index is 0.0295. The number of aryl methyl sites for hydroxylation is 1. The van der Waals surface area contributed by atoms with Gasteiger partial charge in [-0.25, -0.2) is 14.4 Å². The molecule has 34 heavy (non-hydrogen) atoms. The lowest BCUT2D eigenvalue weighted by molar-refractivity contribution is 0.0503. The molecule has 3 rings (SSSR count). The number of anilines is 1. The second-order valence-corrected chi connectivity index (χ2v) is 7.69. The van der Waals surface area contributed by atoms with E-state index >= 15 is 0 Å². The Morgan fingerprint density at radius 1 is 1.09 bits per heavy atom. The number of nitrogens with zero attached hydrogens (tertiary/aromatic N) is 1.